The molecule has 0 saturated carbocycles. The molecule has 0 saturated heterocycles. The van der Waals surface area contributed by atoms with Gasteiger partial charge >= 0.3 is 0 Å². The predicted molar refractivity (Wildman–Crippen MR) is 41.0 cm³/mol. The number of hydrogen-bond acceptors (Lipinski definition) is 1. The molecule has 0 bridgehead atoms. The Balaban J connectivity index is 3.50. The lowest BCUT2D eigenvalue weighted by atomic mass is 10.1. The monoisotopic (exact) mass is 148 g/mol. The van der Waals surface area contributed by atoms with Crippen molar-refractivity contribution in [2.45, 2.75) is 26.8 Å². The highest BCUT2D eigenvalue weighted by atomic mass is 35.5. The topological polar surface area (TPSA) is 35.9 Å². The summed E-state index contributed by atoms with van der Waals surface area (Å²) < 4.78 is 0. The molecule has 0 heterocycles. The normalized spacial score (nSPS) is 13.4. The van der Waals surface area contributed by atoms with Crippen molar-refractivity contribution < 1.29 is 0 Å². The van der Waals surface area contributed by atoms with Crippen molar-refractivity contribution in [2.24, 2.45) is 5.92 Å². The molecule has 0 unspecified atom stereocenters. The fourth-order valence-electron chi connectivity index (χ4n) is 0.367. The van der Waals surface area contributed by atoms with Gasteiger partial charge in [0, 0.05) is 6.04 Å². The Morgan fingerprint density at radius 2 is 1.89 bits per heavy atom. The lowest BCUT2D eigenvalue weighted by molar-refractivity contribution is 0.488. The van der Waals surface area contributed by atoms with E-state index in [1.807, 2.05) is 6.92 Å². The zero-order valence-corrected chi connectivity index (χ0v) is 6.79. The van der Waals surface area contributed by atoms with Crippen molar-refractivity contribution in [3.05, 3.63) is 0 Å². The summed E-state index contributed by atoms with van der Waals surface area (Å²) in [5.74, 6) is 0.518. The van der Waals surface area contributed by atoms with Crippen LogP contribution < -0.4 is 5.32 Å². The molecule has 3 heteroatoms. The van der Waals surface area contributed by atoms with Crippen molar-refractivity contribution in [1.82, 2.24) is 5.32 Å². The fourth-order valence-corrected chi connectivity index (χ4v) is 0.539. The predicted octanol–water partition coefficient (Wildman–Crippen LogP) is 1.79. The molecule has 54 valence electrons. The van der Waals surface area contributed by atoms with Crippen LogP contribution in [-0.2, 0) is 0 Å². The summed E-state index contributed by atoms with van der Waals surface area (Å²) in [6, 6.07) is 0.287. The first-order chi connectivity index (χ1) is 4.04. The molecule has 0 radical (unpaired) electrons. The average Bonchev–Trinajstić information content (AvgIpc) is 1.63. The van der Waals surface area contributed by atoms with Crippen LogP contribution in [0.2, 0.25) is 0 Å². The SMILES string of the molecule is CC(C)[C@H](C)NC(=N)Cl. The molecule has 0 amide bonds. The van der Waals surface area contributed by atoms with E-state index in [2.05, 4.69) is 19.2 Å². The summed E-state index contributed by atoms with van der Waals surface area (Å²) >= 11 is 5.29. The summed E-state index contributed by atoms with van der Waals surface area (Å²) in [4.78, 5) is 0. The van der Waals surface area contributed by atoms with Gasteiger partial charge in [-0.05, 0) is 24.4 Å². The molecule has 0 rings (SSSR count). The van der Waals surface area contributed by atoms with E-state index in [1.54, 1.807) is 0 Å². The van der Waals surface area contributed by atoms with E-state index in [0.717, 1.165) is 0 Å². The Labute approximate surface area is 61.1 Å². The van der Waals surface area contributed by atoms with Gasteiger partial charge in [-0.3, -0.25) is 5.41 Å². The zero-order valence-electron chi connectivity index (χ0n) is 6.03. The molecule has 0 aliphatic heterocycles. The lowest BCUT2D eigenvalue weighted by Gasteiger charge is -2.15. The van der Waals surface area contributed by atoms with E-state index in [9.17, 15) is 0 Å². The Bertz CT molecular complexity index is 101. The van der Waals surface area contributed by atoms with Gasteiger partial charge in [0.25, 0.3) is 0 Å². The van der Waals surface area contributed by atoms with Crippen LogP contribution in [0.5, 0.6) is 0 Å². The van der Waals surface area contributed by atoms with E-state index >= 15 is 0 Å². The first-order valence-electron chi connectivity index (χ1n) is 3.04. The first-order valence-corrected chi connectivity index (χ1v) is 3.42. The van der Waals surface area contributed by atoms with Gasteiger partial charge in [0.1, 0.15) is 0 Å². The third-order valence-corrected chi connectivity index (χ3v) is 1.46. The second-order valence-electron chi connectivity index (χ2n) is 2.49. The maximum atomic E-state index is 6.87. The fraction of sp³-hybridized carbons (Fsp3) is 0.833. The quantitative estimate of drug-likeness (QED) is 0.350. The molecular weight excluding hydrogens is 136 g/mol. The van der Waals surface area contributed by atoms with Crippen LogP contribution in [0.4, 0.5) is 0 Å². The lowest BCUT2D eigenvalue weighted by Crippen LogP contribution is -2.32. The molecule has 0 aliphatic rings. The Morgan fingerprint density at radius 3 is 2.00 bits per heavy atom. The molecule has 0 aromatic rings. The van der Waals surface area contributed by atoms with Crippen molar-refractivity contribution in [2.75, 3.05) is 0 Å². The first kappa shape index (κ1) is 8.76. The van der Waals surface area contributed by atoms with E-state index < -0.39 is 0 Å². The smallest absolute Gasteiger partial charge is 0.188 e. The Kier molecular flexibility index (Phi) is 3.62. The van der Waals surface area contributed by atoms with Crippen LogP contribution in [0.1, 0.15) is 20.8 Å². The molecule has 0 aromatic carbocycles. The maximum absolute atomic E-state index is 6.87. The molecule has 2 N–H and O–H groups in total. The summed E-state index contributed by atoms with van der Waals surface area (Å²) in [6.07, 6.45) is 0. The van der Waals surface area contributed by atoms with Crippen LogP contribution in [0.25, 0.3) is 0 Å². The third-order valence-electron chi connectivity index (χ3n) is 1.35. The number of hydrogen-bond donors (Lipinski definition) is 2. The second-order valence-corrected chi connectivity index (χ2v) is 2.87. The number of nitrogens with one attached hydrogen (secondary N) is 2. The molecule has 2 nitrogen and oxygen atoms in total. The maximum Gasteiger partial charge on any atom is 0.188 e. The van der Waals surface area contributed by atoms with E-state index in [1.165, 1.54) is 0 Å². The molecule has 0 spiro atoms. The van der Waals surface area contributed by atoms with E-state index in [-0.39, 0.29) is 11.3 Å². The van der Waals surface area contributed by atoms with E-state index in [4.69, 9.17) is 17.0 Å². The molecule has 0 aliphatic carbocycles. The highest BCUT2D eigenvalue weighted by Crippen LogP contribution is 1.99. The summed E-state index contributed by atoms with van der Waals surface area (Å²) in [6.45, 7) is 6.16. The minimum absolute atomic E-state index is 0.0243. The third kappa shape index (κ3) is 4.28. The van der Waals surface area contributed by atoms with Crippen LogP contribution in [0, 0.1) is 11.3 Å². The van der Waals surface area contributed by atoms with E-state index in [0.29, 0.717) is 5.92 Å². The molecule has 0 fully saturated rings. The number of rotatable bonds is 2. The molecule has 0 aromatic heterocycles. The van der Waals surface area contributed by atoms with Crippen molar-refractivity contribution in [3.8, 4) is 0 Å². The second kappa shape index (κ2) is 3.72. The minimum Gasteiger partial charge on any atom is -0.358 e. The van der Waals surface area contributed by atoms with Gasteiger partial charge < -0.3 is 5.32 Å². The highest BCUT2D eigenvalue weighted by Gasteiger charge is 2.05. The van der Waals surface area contributed by atoms with Crippen LogP contribution in [-0.4, -0.2) is 11.3 Å². The van der Waals surface area contributed by atoms with Crippen LogP contribution >= 0.6 is 11.6 Å². The van der Waals surface area contributed by atoms with Crippen LogP contribution in [0.3, 0.4) is 0 Å². The average molecular weight is 149 g/mol. The standard InChI is InChI=1S/C6H13ClN2/c1-4(2)5(3)9-6(7)8/h4-5H,1-3H3,(H2,8,9)/t5-/m0/s1. The summed E-state index contributed by atoms with van der Waals surface area (Å²) in [5.41, 5.74) is 0. The van der Waals surface area contributed by atoms with Crippen molar-refractivity contribution in [1.29, 1.82) is 5.41 Å². The molecule has 9 heavy (non-hydrogen) atoms. The highest BCUT2D eigenvalue weighted by molar-refractivity contribution is 6.63. The summed E-state index contributed by atoms with van der Waals surface area (Å²) in [5, 5.41) is 9.69. The summed E-state index contributed by atoms with van der Waals surface area (Å²) in [7, 11) is 0. The molecule has 1 atom stereocenters. The minimum atomic E-state index is 0.0243. The number of halogens is 1. The van der Waals surface area contributed by atoms with Gasteiger partial charge in [0.2, 0.25) is 0 Å². The van der Waals surface area contributed by atoms with Gasteiger partial charge in [-0.1, -0.05) is 13.8 Å². The van der Waals surface area contributed by atoms with Crippen molar-refractivity contribution >= 4 is 16.9 Å². The van der Waals surface area contributed by atoms with Gasteiger partial charge in [0.05, 0.1) is 0 Å². The van der Waals surface area contributed by atoms with Crippen LogP contribution in [0.15, 0.2) is 0 Å². The van der Waals surface area contributed by atoms with Gasteiger partial charge in [-0.15, -0.1) is 0 Å². The molecular formula is C6H13ClN2. The number of amidine groups is 1. The Hall–Kier alpha value is -0.240. The zero-order chi connectivity index (χ0) is 7.44. The Morgan fingerprint density at radius 1 is 1.44 bits per heavy atom. The largest absolute Gasteiger partial charge is 0.358 e. The van der Waals surface area contributed by atoms with Crippen molar-refractivity contribution in [3.63, 3.8) is 0 Å². The van der Waals surface area contributed by atoms with Gasteiger partial charge in [-0.25, -0.2) is 0 Å². The van der Waals surface area contributed by atoms with Gasteiger partial charge in [0.15, 0.2) is 5.29 Å². The van der Waals surface area contributed by atoms with Gasteiger partial charge in [-0.2, -0.15) is 0 Å².